The molecule has 3 nitrogen and oxygen atoms in total. The van der Waals surface area contributed by atoms with Crippen molar-refractivity contribution in [1.82, 2.24) is 0 Å². The fourth-order valence-electron chi connectivity index (χ4n) is 5.64. The lowest BCUT2D eigenvalue weighted by atomic mass is 9.94. The Hall–Kier alpha value is -4.24. The summed E-state index contributed by atoms with van der Waals surface area (Å²) in [7, 11) is 0. The van der Waals surface area contributed by atoms with Crippen LogP contribution in [0.15, 0.2) is 101 Å². The Morgan fingerprint density at radius 2 is 1.50 bits per heavy atom. The van der Waals surface area contributed by atoms with Crippen LogP contribution in [0.1, 0.15) is 11.7 Å². The molecule has 0 aliphatic carbocycles. The van der Waals surface area contributed by atoms with Crippen molar-refractivity contribution in [2.75, 3.05) is 10.2 Å². The third-order valence-corrected chi connectivity index (χ3v) is 6.99. The van der Waals surface area contributed by atoms with Gasteiger partial charge in [0.15, 0.2) is 0 Å². The second-order valence-corrected chi connectivity index (χ2v) is 8.65. The maximum atomic E-state index is 6.29. The van der Waals surface area contributed by atoms with Gasteiger partial charge in [0, 0.05) is 21.9 Å². The number of para-hydroxylation sites is 3. The van der Waals surface area contributed by atoms with Crippen LogP contribution in [0.2, 0.25) is 0 Å². The number of benzene rings is 5. The van der Waals surface area contributed by atoms with Crippen molar-refractivity contribution in [3.63, 3.8) is 0 Å². The van der Waals surface area contributed by atoms with Crippen LogP contribution in [0.4, 0.5) is 17.1 Å². The number of fused-ring (bicyclic) bond motifs is 10. The molecule has 1 unspecified atom stereocenters. The summed E-state index contributed by atoms with van der Waals surface area (Å²) in [5.41, 5.74) is 9.19. The molecule has 150 valence electrons. The maximum Gasteiger partial charge on any atom is 0.136 e. The molecule has 8 rings (SSSR count). The number of nitrogens with zero attached hydrogens (tertiary/aromatic N) is 1. The zero-order chi connectivity index (χ0) is 20.8. The van der Waals surface area contributed by atoms with E-state index in [2.05, 4.69) is 95.1 Å². The summed E-state index contributed by atoms with van der Waals surface area (Å²) in [6.45, 7) is 0. The van der Waals surface area contributed by atoms with Crippen LogP contribution in [0.25, 0.3) is 43.8 Å². The second-order valence-electron chi connectivity index (χ2n) is 8.65. The molecule has 6 aromatic rings. The van der Waals surface area contributed by atoms with Gasteiger partial charge in [0.1, 0.15) is 17.3 Å². The van der Waals surface area contributed by atoms with Crippen LogP contribution in [-0.4, -0.2) is 0 Å². The Balaban J connectivity index is 1.57. The predicted molar refractivity (Wildman–Crippen MR) is 132 cm³/mol. The molecule has 2 aliphatic heterocycles. The zero-order valence-corrected chi connectivity index (χ0v) is 17.2. The molecule has 2 aliphatic rings. The molecule has 1 aromatic heterocycles. The molecule has 0 amide bonds. The molecular formula is C29H18N2O. The van der Waals surface area contributed by atoms with Crippen molar-refractivity contribution < 1.29 is 4.42 Å². The summed E-state index contributed by atoms with van der Waals surface area (Å²) in [5, 5.41) is 8.67. The Bertz CT molecular complexity index is 1720. The van der Waals surface area contributed by atoms with Gasteiger partial charge >= 0.3 is 0 Å². The number of furan rings is 1. The second kappa shape index (κ2) is 5.71. The van der Waals surface area contributed by atoms with Gasteiger partial charge in [0.2, 0.25) is 0 Å². The first kappa shape index (κ1) is 16.5. The minimum atomic E-state index is 0.0362. The normalized spacial score (nSPS) is 16.0. The standard InChI is InChI=1S/C29H18N2O/c1-4-14-26-18(9-1)22-15-25-21(16-27(22)32-26)19-10-5-7-17-8-6-11-20(28(17)19)29-30-23-12-2-3-13-24(23)31(25)29/h1-16,29-30H. The number of rotatable bonds is 0. The molecule has 0 saturated carbocycles. The zero-order valence-electron chi connectivity index (χ0n) is 17.2. The summed E-state index contributed by atoms with van der Waals surface area (Å²) in [5.74, 6) is 0. The highest BCUT2D eigenvalue weighted by Gasteiger charge is 2.36. The quantitative estimate of drug-likeness (QED) is 0.275. The molecule has 3 heterocycles. The molecule has 0 radical (unpaired) electrons. The van der Waals surface area contributed by atoms with Gasteiger partial charge in [-0.2, -0.15) is 0 Å². The van der Waals surface area contributed by atoms with E-state index in [1.165, 1.54) is 38.8 Å². The molecule has 0 fully saturated rings. The molecule has 1 N–H and O–H groups in total. The topological polar surface area (TPSA) is 28.4 Å². The van der Waals surface area contributed by atoms with Crippen molar-refractivity contribution in [2.24, 2.45) is 0 Å². The van der Waals surface area contributed by atoms with Gasteiger partial charge in [-0.1, -0.05) is 66.7 Å². The minimum absolute atomic E-state index is 0.0362. The van der Waals surface area contributed by atoms with Crippen LogP contribution in [-0.2, 0) is 0 Å². The molecule has 0 saturated heterocycles. The minimum Gasteiger partial charge on any atom is -0.456 e. The van der Waals surface area contributed by atoms with Gasteiger partial charge in [-0.3, -0.25) is 0 Å². The van der Waals surface area contributed by atoms with Gasteiger partial charge in [0.05, 0.1) is 17.1 Å². The highest BCUT2D eigenvalue weighted by molar-refractivity contribution is 6.13. The maximum absolute atomic E-state index is 6.29. The van der Waals surface area contributed by atoms with E-state index < -0.39 is 0 Å². The van der Waals surface area contributed by atoms with E-state index in [0.717, 1.165) is 27.6 Å². The van der Waals surface area contributed by atoms with Crippen molar-refractivity contribution in [3.8, 4) is 11.1 Å². The molecule has 3 heteroatoms. The summed E-state index contributed by atoms with van der Waals surface area (Å²) < 4.78 is 6.29. The van der Waals surface area contributed by atoms with E-state index in [9.17, 15) is 0 Å². The number of nitrogens with one attached hydrogen (secondary N) is 1. The first-order valence-corrected chi connectivity index (χ1v) is 11.0. The van der Waals surface area contributed by atoms with Gasteiger partial charge in [-0.25, -0.2) is 0 Å². The van der Waals surface area contributed by atoms with E-state index in [0.29, 0.717) is 0 Å². The highest BCUT2D eigenvalue weighted by Crippen LogP contribution is 2.54. The van der Waals surface area contributed by atoms with Crippen LogP contribution in [0.5, 0.6) is 0 Å². The lowest BCUT2D eigenvalue weighted by molar-refractivity contribution is 0.669. The van der Waals surface area contributed by atoms with E-state index in [1.54, 1.807) is 0 Å². The highest BCUT2D eigenvalue weighted by atomic mass is 16.3. The number of hydrogen-bond acceptors (Lipinski definition) is 3. The van der Waals surface area contributed by atoms with Gasteiger partial charge < -0.3 is 14.6 Å². The smallest absolute Gasteiger partial charge is 0.136 e. The van der Waals surface area contributed by atoms with E-state index in [4.69, 9.17) is 4.42 Å². The van der Waals surface area contributed by atoms with Crippen LogP contribution < -0.4 is 10.2 Å². The van der Waals surface area contributed by atoms with Crippen LogP contribution >= 0.6 is 0 Å². The monoisotopic (exact) mass is 410 g/mol. The first-order valence-electron chi connectivity index (χ1n) is 11.0. The molecule has 0 spiro atoms. The Kier molecular flexibility index (Phi) is 2.94. The molecule has 5 aromatic carbocycles. The van der Waals surface area contributed by atoms with Crippen molar-refractivity contribution in [1.29, 1.82) is 0 Å². The Labute approximate surface area is 184 Å². The molecule has 1 atom stereocenters. The fraction of sp³-hybridized carbons (Fsp3) is 0.0345. The molecule has 32 heavy (non-hydrogen) atoms. The first-order chi connectivity index (χ1) is 15.9. The third-order valence-electron chi connectivity index (χ3n) is 6.99. The van der Waals surface area contributed by atoms with Gasteiger partial charge in [-0.05, 0) is 46.7 Å². The van der Waals surface area contributed by atoms with E-state index in [1.807, 2.05) is 12.1 Å². The van der Waals surface area contributed by atoms with Crippen molar-refractivity contribution >= 4 is 49.8 Å². The molecular weight excluding hydrogens is 392 g/mol. The predicted octanol–water partition coefficient (Wildman–Crippen LogP) is 7.98. The van der Waals surface area contributed by atoms with Crippen LogP contribution in [0.3, 0.4) is 0 Å². The summed E-state index contributed by atoms with van der Waals surface area (Å²) >= 11 is 0. The lowest BCUT2D eigenvalue weighted by Crippen LogP contribution is -2.23. The average molecular weight is 410 g/mol. The fourth-order valence-corrected chi connectivity index (χ4v) is 5.64. The van der Waals surface area contributed by atoms with E-state index >= 15 is 0 Å². The summed E-state index contributed by atoms with van der Waals surface area (Å²) in [4.78, 5) is 2.46. The average Bonchev–Trinajstić information content (AvgIpc) is 3.37. The Morgan fingerprint density at radius 3 is 2.47 bits per heavy atom. The summed E-state index contributed by atoms with van der Waals surface area (Å²) in [6.07, 6.45) is 0.0362. The number of anilines is 3. The number of hydrogen-bond donors (Lipinski definition) is 1. The SMILES string of the molecule is c1ccc2c(c1)NC1c3cccc4cccc(c34)-c3cc4oc5ccccc5c4cc3N21. The van der Waals surface area contributed by atoms with E-state index in [-0.39, 0.29) is 6.17 Å². The van der Waals surface area contributed by atoms with Gasteiger partial charge in [-0.15, -0.1) is 0 Å². The third kappa shape index (κ3) is 1.96. The Morgan fingerprint density at radius 1 is 0.656 bits per heavy atom. The van der Waals surface area contributed by atoms with Crippen molar-refractivity contribution in [2.45, 2.75) is 6.17 Å². The largest absolute Gasteiger partial charge is 0.456 e. The molecule has 0 bridgehead atoms. The van der Waals surface area contributed by atoms with Gasteiger partial charge in [0.25, 0.3) is 0 Å². The summed E-state index contributed by atoms with van der Waals surface area (Å²) in [6, 6.07) is 34.7. The lowest BCUT2D eigenvalue weighted by Gasteiger charge is -2.27. The van der Waals surface area contributed by atoms with Crippen molar-refractivity contribution in [3.05, 3.63) is 103 Å². The van der Waals surface area contributed by atoms with Crippen LogP contribution in [0, 0.1) is 0 Å².